The number of guanidine groups is 1. The Hall–Kier alpha value is -3.44. The number of nitrogens with two attached hydrogens (primary N) is 1. The third-order valence-electron chi connectivity index (χ3n) is 3.63. The molecule has 0 bridgehead atoms. The highest BCUT2D eigenvalue weighted by Crippen LogP contribution is 2.14. The van der Waals surface area contributed by atoms with Crippen LogP contribution in [0.25, 0.3) is 0 Å². The zero-order chi connectivity index (χ0) is 21.4. The summed E-state index contributed by atoms with van der Waals surface area (Å²) in [6.07, 6.45) is 0. The van der Waals surface area contributed by atoms with Gasteiger partial charge in [-0.15, -0.1) is 0 Å². The Morgan fingerprint density at radius 1 is 0.966 bits per heavy atom. The highest BCUT2D eigenvalue weighted by Gasteiger charge is 2.15. The third kappa shape index (κ3) is 7.24. The van der Waals surface area contributed by atoms with E-state index in [2.05, 4.69) is 20.7 Å². The number of hydrogen-bond acceptors (Lipinski definition) is 5. The molecule has 0 aliphatic rings. The van der Waals surface area contributed by atoms with Gasteiger partial charge in [-0.05, 0) is 42.0 Å². The monoisotopic (exact) mass is 418 g/mol. The van der Waals surface area contributed by atoms with Crippen LogP contribution in [0, 0.1) is 5.41 Å². The van der Waals surface area contributed by atoms with Gasteiger partial charge in [0, 0.05) is 24.8 Å². The van der Waals surface area contributed by atoms with Crippen LogP contribution in [-0.4, -0.2) is 32.7 Å². The maximum absolute atomic E-state index is 12.3. The minimum atomic E-state index is -3.86. The van der Waals surface area contributed by atoms with Gasteiger partial charge in [-0.2, -0.15) is 0 Å². The Morgan fingerprint density at radius 2 is 1.52 bits per heavy atom. The van der Waals surface area contributed by atoms with Crippen molar-refractivity contribution in [2.75, 3.05) is 17.2 Å². The summed E-state index contributed by atoms with van der Waals surface area (Å²) in [7, 11) is -3.86. The van der Waals surface area contributed by atoms with Crippen molar-refractivity contribution in [1.29, 1.82) is 5.41 Å². The van der Waals surface area contributed by atoms with Crippen LogP contribution < -0.4 is 26.4 Å². The first kappa shape index (κ1) is 21.9. The summed E-state index contributed by atoms with van der Waals surface area (Å²) in [5.41, 5.74) is 7.15. The van der Waals surface area contributed by atoms with E-state index in [4.69, 9.17) is 11.1 Å². The topological polar surface area (TPSA) is 166 Å². The standard InChI is InChI=1S/C18H22N6O4S/c1-12(25)23-14-6-8-16(9-7-14)29(27,28)22-11-17(26)21-10-13-2-4-15(5-3-13)24-18(19)20/h2-9,22H,10-11H2,1H3,(H,21,26)(H,23,25)(H4,19,20,24). The predicted molar refractivity (Wildman–Crippen MR) is 110 cm³/mol. The lowest BCUT2D eigenvalue weighted by Gasteiger charge is -2.09. The van der Waals surface area contributed by atoms with E-state index in [0.29, 0.717) is 11.4 Å². The van der Waals surface area contributed by atoms with Crippen LogP contribution in [-0.2, 0) is 26.2 Å². The fraction of sp³-hybridized carbons (Fsp3) is 0.167. The molecule has 0 saturated heterocycles. The maximum atomic E-state index is 12.3. The zero-order valence-electron chi connectivity index (χ0n) is 15.7. The van der Waals surface area contributed by atoms with Crippen molar-refractivity contribution in [2.45, 2.75) is 18.4 Å². The van der Waals surface area contributed by atoms with E-state index in [9.17, 15) is 18.0 Å². The quantitative estimate of drug-likeness (QED) is 0.270. The molecule has 2 rings (SSSR count). The average molecular weight is 418 g/mol. The van der Waals surface area contributed by atoms with Gasteiger partial charge in [0.15, 0.2) is 5.96 Å². The molecule has 0 heterocycles. The van der Waals surface area contributed by atoms with Crippen molar-refractivity contribution in [2.24, 2.45) is 5.73 Å². The van der Waals surface area contributed by atoms with Crippen molar-refractivity contribution < 1.29 is 18.0 Å². The molecule has 0 atom stereocenters. The lowest BCUT2D eigenvalue weighted by atomic mass is 10.2. The molecular formula is C18H22N6O4S. The lowest BCUT2D eigenvalue weighted by molar-refractivity contribution is -0.120. The van der Waals surface area contributed by atoms with E-state index < -0.39 is 22.5 Å². The van der Waals surface area contributed by atoms with Crippen LogP contribution in [0.1, 0.15) is 12.5 Å². The summed E-state index contributed by atoms with van der Waals surface area (Å²) in [6, 6.07) is 12.5. The van der Waals surface area contributed by atoms with E-state index in [0.717, 1.165) is 5.56 Å². The van der Waals surface area contributed by atoms with Crippen LogP contribution >= 0.6 is 0 Å². The van der Waals surface area contributed by atoms with Gasteiger partial charge in [0.2, 0.25) is 21.8 Å². The minimum Gasteiger partial charge on any atom is -0.370 e. The van der Waals surface area contributed by atoms with Gasteiger partial charge >= 0.3 is 0 Å². The van der Waals surface area contributed by atoms with Crippen molar-refractivity contribution in [3.05, 3.63) is 54.1 Å². The van der Waals surface area contributed by atoms with Gasteiger partial charge in [0.05, 0.1) is 11.4 Å². The number of sulfonamides is 1. The predicted octanol–water partition coefficient (Wildman–Crippen LogP) is 0.545. The molecule has 7 N–H and O–H groups in total. The second-order valence-corrected chi connectivity index (χ2v) is 7.81. The van der Waals surface area contributed by atoms with Gasteiger partial charge in [0.1, 0.15) is 0 Å². The molecule has 29 heavy (non-hydrogen) atoms. The fourth-order valence-corrected chi connectivity index (χ4v) is 3.27. The summed E-state index contributed by atoms with van der Waals surface area (Å²) >= 11 is 0. The van der Waals surface area contributed by atoms with Crippen LogP contribution in [0.4, 0.5) is 11.4 Å². The van der Waals surface area contributed by atoms with Gasteiger partial charge in [-0.1, -0.05) is 12.1 Å². The SMILES string of the molecule is CC(=O)Nc1ccc(S(=O)(=O)NCC(=O)NCc2ccc(NC(=N)N)cc2)cc1. The van der Waals surface area contributed by atoms with Gasteiger partial charge < -0.3 is 21.7 Å². The summed E-state index contributed by atoms with van der Waals surface area (Å²) in [4.78, 5) is 22.9. The van der Waals surface area contributed by atoms with Crippen LogP contribution in [0.2, 0.25) is 0 Å². The first-order valence-corrected chi connectivity index (χ1v) is 9.98. The number of carbonyl (C=O) groups is 2. The summed E-state index contributed by atoms with van der Waals surface area (Å²) in [5, 5.41) is 14.9. The summed E-state index contributed by atoms with van der Waals surface area (Å²) in [6.45, 7) is 1.15. The minimum absolute atomic E-state index is 0.0204. The number of nitrogens with one attached hydrogen (secondary N) is 5. The van der Waals surface area contributed by atoms with Crippen molar-refractivity contribution in [3.8, 4) is 0 Å². The first-order valence-electron chi connectivity index (χ1n) is 8.50. The molecule has 2 amide bonds. The third-order valence-corrected chi connectivity index (χ3v) is 5.05. The Labute approximate surface area is 168 Å². The Balaban J connectivity index is 1.84. The Bertz CT molecular complexity index is 988. The summed E-state index contributed by atoms with van der Waals surface area (Å²) < 4.78 is 26.7. The molecule has 0 aliphatic carbocycles. The van der Waals surface area contributed by atoms with Crippen LogP contribution in [0.15, 0.2) is 53.4 Å². The number of hydrogen-bond donors (Lipinski definition) is 6. The Kier molecular flexibility index (Phi) is 7.28. The molecule has 2 aromatic carbocycles. The molecular weight excluding hydrogens is 396 g/mol. The van der Waals surface area contributed by atoms with Crippen LogP contribution in [0.5, 0.6) is 0 Å². The number of rotatable bonds is 8. The second-order valence-electron chi connectivity index (χ2n) is 6.04. The molecule has 0 radical (unpaired) electrons. The fourth-order valence-electron chi connectivity index (χ4n) is 2.29. The highest BCUT2D eigenvalue weighted by molar-refractivity contribution is 7.89. The smallest absolute Gasteiger partial charge is 0.241 e. The molecule has 10 nitrogen and oxygen atoms in total. The van der Waals surface area contributed by atoms with Gasteiger partial charge in [0.25, 0.3) is 0 Å². The average Bonchev–Trinajstić information content (AvgIpc) is 2.65. The van der Waals surface area contributed by atoms with Crippen LogP contribution in [0.3, 0.4) is 0 Å². The first-order chi connectivity index (χ1) is 13.7. The van der Waals surface area contributed by atoms with Crippen molar-refractivity contribution >= 4 is 39.2 Å². The molecule has 11 heteroatoms. The van der Waals surface area contributed by atoms with E-state index in [1.165, 1.54) is 31.2 Å². The normalized spacial score (nSPS) is 10.8. The molecule has 0 fully saturated rings. The number of anilines is 2. The molecule has 0 unspecified atom stereocenters. The van der Waals surface area contributed by atoms with E-state index in [1.807, 2.05) is 0 Å². The van der Waals surface area contributed by atoms with Gasteiger partial charge in [-0.3, -0.25) is 15.0 Å². The van der Waals surface area contributed by atoms with E-state index in [1.54, 1.807) is 24.3 Å². The largest absolute Gasteiger partial charge is 0.370 e. The number of amides is 2. The molecule has 154 valence electrons. The number of benzene rings is 2. The molecule has 2 aromatic rings. The highest BCUT2D eigenvalue weighted by atomic mass is 32.2. The molecule has 0 aromatic heterocycles. The molecule has 0 saturated carbocycles. The molecule has 0 spiro atoms. The summed E-state index contributed by atoms with van der Waals surface area (Å²) in [5.74, 6) is -0.933. The number of carbonyl (C=O) groups excluding carboxylic acids is 2. The van der Waals surface area contributed by atoms with Crippen molar-refractivity contribution in [3.63, 3.8) is 0 Å². The van der Waals surface area contributed by atoms with Crippen molar-refractivity contribution in [1.82, 2.24) is 10.0 Å². The van der Waals surface area contributed by atoms with Gasteiger partial charge in [-0.25, -0.2) is 13.1 Å². The second kappa shape index (κ2) is 9.66. The van der Waals surface area contributed by atoms with E-state index >= 15 is 0 Å². The maximum Gasteiger partial charge on any atom is 0.241 e. The zero-order valence-corrected chi connectivity index (χ0v) is 16.5. The lowest BCUT2D eigenvalue weighted by Crippen LogP contribution is -2.36. The van der Waals surface area contributed by atoms with E-state index in [-0.39, 0.29) is 23.3 Å². The Morgan fingerprint density at radius 3 is 2.07 bits per heavy atom. The molecule has 0 aliphatic heterocycles.